The molecule has 0 radical (unpaired) electrons. The summed E-state index contributed by atoms with van der Waals surface area (Å²) in [6.45, 7) is 5.35. The summed E-state index contributed by atoms with van der Waals surface area (Å²) >= 11 is 0.803. The van der Waals surface area contributed by atoms with Gasteiger partial charge in [0.25, 0.3) is 11.1 Å². The number of nitrogens with one attached hydrogen (secondary N) is 1. The van der Waals surface area contributed by atoms with Gasteiger partial charge in [-0.15, -0.1) is 0 Å². The molecule has 1 saturated heterocycles. The normalized spacial score (nSPS) is 15.0. The third-order valence-electron chi connectivity index (χ3n) is 4.44. The van der Waals surface area contributed by atoms with Gasteiger partial charge in [0.05, 0.1) is 18.1 Å². The van der Waals surface area contributed by atoms with E-state index in [4.69, 9.17) is 9.47 Å². The van der Waals surface area contributed by atoms with Gasteiger partial charge < -0.3 is 14.8 Å². The second kappa shape index (κ2) is 9.70. The highest BCUT2D eigenvalue weighted by Crippen LogP contribution is 2.34. The third kappa shape index (κ3) is 5.46. The Morgan fingerprint density at radius 3 is 2.58 bits per heavy atom. The first-order chi connectivity index (χ1) is 14.8. The first-order valence-corrected chi connectivity index (χ1v) is 10.6. The summed E-state index contributed by atoms with van der Waals surface area (Å²) in [4.78, 5) is 38.6. The second-order valence-electron chi connectivity index (χ2n) is 7.21. The number of methoxy groups -OCH3 is 1. The topological polar surface area (TPSA) is 84.9 Å². The van der Waals surface area contributed by atoms with Crippen LogP contribution in [0.15, 0.2) is 47.4 Å². The zero-order valence-electron chi connectivity index (χ0n) is 17.8. The van der Waals surface area contributed by atoms with Crippen LogP contribution in [0, 0.1) is 6.92 Å². The predicted molar refractivity (Wildman–Crippen MR) is 121 cm³/mol. The molecule has 162 valence electrons. The summed E-state index contributed by atoms with van der Waals surface area (Å²) in [7, 11) is 1.53. The van der Waals surface area contributed by atoms with E-state index in [-0.39, 0.29) is 17.6 Å². The van der Waals surface area contributed by atoms with Crippen LogP contribution in [0.1, 0.15) is 25.0 Å². The molecule has 3 amide bonds. The Morgan fingerprint density at radius 1 is 1.16 bits per heavy atom. The Balaban J connectivity index is 1.73. The Kier molecular flexibility index (Phi) is 7.02. The number of hydrogen-bond donors (Lipinski definition) is 1. The molecule has 0 aliphatic carbocycles. The second-order valence-corrected chi connectivity index (χ2v) is 8.20. The van der Waals surface area contributed by atoms with Crippen LogP contribution in [0.25, 0.3) is 6.08 Å². The SMILES string of the molecule is COc1cc(/C=C2\SC(=O)N(CC(=O)Nc3ccccc3C)C2=O)ccc1OC(C)C. The van der Waals surface area contributed by atoms with Crippen molar-refractivity contribution in [2.45, 2.75) is 26.9 Å². The molecule has 1 N–H and O–H groups in total. The lowest BCUT2D eigenvalue weighted by Gasteiger charge is -2.14. The minimum Gasteiger partial charge on any atom is -0.493 e. The lowest BCUT2D eigenvalue weighted by molar-refractivity contribution is -0.127. The average molecular weight is 441 g/mol. The van der Waals surface area contributed by atoms with Gasteiger partial charge in [0.2, 0.25) is 5.91 Å². The van der Waals surface area contributed by atoms with Gasteiger partial charge in [0.1, 0.15) is 6.54 Å². The van der Waals surface area contributed by atoms with E-state index in [9.17, 15) is 14.4 Å². The van der Waals surface area contributed by atoms with Crippen LogP contribution < -0.4 is 14.8 Å². The maximum absolute atomic E-state index is 12.7. The summed E-state index contributed by atoms with van der Waals surface area (Å²) in [5.41, 5.74) is 2.22. The first kappa shape index (κ1) is 22.4. The molecule has 0 spiro atoms. The van der Waals surface area contributed by atoms with Gasteiger partial charge in [0, 0.05) is 5.69 Å². The molecule has 2 aromatic carbocycles. The molecular formula is C23H24N2O5S. The molecule has 0 bridgehead atoms. The van der Waals surface area contributed by atoms with Gasteiger partial charge in [-0.1, -0.05) is 24.3 Å². The molecule has 0 atom stereocenters. The number of rotatable bonds is 7. The number of carbonyl (C=O) groups is 3. The number of carbonyl (C=O) groups excluding carboxylic acids is 3. The van der Waals surface area contributed by atoms with E-state index in [0.717, 1.165) is 22.2 Å². The van der Waals surface area contributed by atoms with Crippen molar-refractivity contribution < 1.29 is 23.9 Å². The van der Waals surface area contributed by atoms with E-state index < -0.39 is 17.1 Å². The van der Waals surface area contributed by atoms with Crippen LogP contribution in [-0.2, 0) is 9.59 Å². The number of aryl methyl sites for hydroxylation is 1. The quantitative estimate of drug-likeness (QED) is 0.640. The fourth-order valence-electron chi connectivity index (χ4n) is 2.96. The minimum absolute atomic E-state index is 0.0120. The molecule has 3 rings (SSSR count). The molecule has 1 heterocycles. The number of anilines is 1. The number of hydrogen-bond acceptors (Lipinski definition) is 6. The molecule has 0 saturated carbocycles. The molecule has 2 aromatic rings. The fourth-order valence-corrected chi connectivity index (χ4v) is 3.80. The molecule has 1 aliphatic heterocycles. The first-order valence-electron chi connectivity index (χ1n) is 9.74. The molecular weight excluding hydrogens is 416 g/mol. The Hall–Kier alpha value is -3.26. The number of amides is 3. The Bertz CT molecular complexity index is 1050. The number of imide groups is 1. The highest BCUT2D eigenvalue weighted by atomic mass is 32.2. The van der Waals surface area contributed by atoms with E-state index in [1.165, 1.54) is 7.11 Å². The van der Waals surface area contributed by atoms with Gasteiger partial charge in [-0.25, -0.2) is 0 Å². The summed E-state index contributed by atoms with van der Waals surface area (Å²) in [5.74, 6) is 0.182. The van der Waals surface area contributed by atoms with E-state index in [1.807, 2.05) is 32.9 Å². The predicted octanol–water partition coefficient (Wildman–Crippen LogP) is 4.47. The van der Waals surface area contributed by atoms with Crippen molar-refractivity contribution in [1.29, 1.82) is 0 Å². The monoisotopic (exact) mass is 440 g/mol. The van der Waals surface area contributed by atoms with E-state index in [2.05, 4.69) is 5.32 Å². The minimum atomic E-state index is -0.503. The van der Waals surface area contributed by atoms with Crippen molar-refractivity contribution in [3.8, 4) is 11.5 Å². The van der Waals surface area contributed by atoms with Crippen molar-refractivity contribution in [2.75, 3.05) is 19.0 Å². The molecule has 1 fully saturated rings. The van der Waals surface area contributed by atoms with E-state index in [1.54, 1.807) is 36.4 Å². The molecule has 7 nitrogen and oxygen atoms in total. The van der Waals surface area contributed by atoms with Crippen LogP contribution in [0.2, 0.25) is 0 Å². The standard InChI is InChI=1S/C23H24N2O5S/c1-14(2)30-18-10-9-16(11-19(18)29-4)12-20-22(27)25(23(28)31-20)13-21(26)24-17-8-6-5-7-15(17)3/h5-12,14H,13H2,1-4H3,(H,24,26)/b20-12-. The van der Waals surface area contributed by atoms with E-state index >= 15 is 0 Å². The smallest absolute Gasteiger partial charge is 0.294 e. The van der Waals surface area contributed by atoms with Crippen LogP contribution in [0.3, 0.4) is 0 Å². The van der Waals surface area contributed by atoms with Gasteiger partial charge >= 0.3 is 0 Å². The zero-order valence-corrected chi connectivity index (χ0v) is 18.6. The van der Waals surface area contributed by atoms with Gasteiger partial charge in [-0.2, -0.15) is 0 Å². The summed E-state index contributed by atoms with van der Waals surface area (Å²) in [5, 5.41) is 2.25. The number of ether oxygens (including phenoxy) is 2. The summed E-state index contributed by atoms with van der Waals surface area (Å²) in [6, 6.07) is 12.6. The average Bonchev–Trinajstić information content (AvgIpc) is 2.97. The van der Waals surface area contributed by atoms with Gasteiger partial charge in [0.15, 0.2) is 11.5 Å². The molecule has 31 heavy (non-hydrogen) atoms. The van der Waals surface area contributed by atoms with Gasteiger partial charge in [-0.3, -0.25) is 19.3 Å². The summed E-state index contributed by atoms with van der Waals surface area (Å²) in [6.07, 6.45) is 1.59. The largest absolute Gasteiger partial charge is 0.493 e. The highest BCUT2D eigenvalue weighted by molar-refractivity contribution is 8.18. The Morgan fingerprint density at radius 2 is 1.90 bits per heavy atom. The lowest BCUT2D eigenvalue weighted by atomic mass is 10.2. The fraction of sp³-hybridized carbons (Fsp3) is 0.261. The Labute approximate surface area is 185 Å². The maximum Gasteiger partial charge on any atom is 0.294 e. The van der Waals surface area contributed by atoms with Gasteiger partial charge in [-0.05, 0) is 67.9 Å². The number of benzene rings is 2. The van der Waals surface area contributed by atoms with Crippen LogP contribution >= 0.6 is 11.8 Å². The van der Waals surface area contributed by atoms with Crippen molar-refractivity contribution >= 4 is 40.6 Å². The maximum atomic E-state index is 12.7. The van der Waals surface area contributed by atoms with Crippen LogP contribution in [0.4, 0.5) is 10.5 Å². The molecule has 0 unspecified atom stereocenters. The summed E-state index contributed by atoms with van der Waals surface area (Å²) < 4.78 is 11.1. The van der Waals surface area contributed by atoms with E-state index in [0.29, 0.717) is 22.7 Å². The number of para-hydroxylation sites is 1. The third-order valence-corrected chi connectivity index (χ3v) is 5.35. The van der Waals surface area contributed by atoms with Crippen molar-refractivity contribution in [2.24, 2.45) is 0 Å². The molecule has 8 heteroatoms. The van der Waals surface area contributed by atoms with Crippen molar-refractivity contribution in [3.63, 3.8) is 0 Å². The number of thioether (sulfide) groups is 1. The lowest BCUT2D eigenvalue weighted by Crippen LogP contribution is -2.36. The molecule has 1 aliphatic rings. The van der Waals surface area contributed by atoms with Crippen LogP contribution in [-0.4, -0.2) is 41.7 Å². The zero-order chi connectivity index (χ0) is 22.5. The van der Waals surface area contributed by atoms with Crippen molar-refractivity contribution in [3.05, 3.63) is 58.5 Å². The number of nitrogens with zero attached hydrogens (tertiary/aromatic N) is 1. The molecule has 0 aromatic heterocycles. The van der Waals surface area contributed by atoms with Crippen molar-refractivity contribution in [1.82, 2.24) is 4.90 Å². The highest BCUT2D eigenvalue weighted by Gasteiger charge is 2.36. The van der Waals surface area contributed by atoms with Crippen LogP contribution in [0.5, 0.6) is 11.5 Å².